The van der Waals surface area contributed by atoms with Gasteiger partial charge in [-0.05, 0) is 60.7 Å². The number of amides is 2. The van der Waals surface area contributed by atoms with E-state index in [0.29, 0.717) is 12.2 Å². The molecule has 33 heavy (non-hydrogen) atoms. The maximum Gasteiger partial charge on any atom is 0.241 e. The fraction of sp³-hybridized carbons (Fsp3) is 0.417. The Morgan fingerprint density at radius 2 is 1.82 bits per heavy atom. The number of nitrogens with one attached hydrogen (secondary N) is 2. The highest BCUT2D eigenvalue weighted by molar-refractivity contribution is 7.89. The van der Waals surface area contributed by atoms with Gasteiger partial charge in [-0.3, -0.25) is 9.59 Å². The molecule has 1 heterocycles. The molecule has 0 saturated carbocycles. The second-order valence-corrected chi connectivity index (χ2v) is 10.4. The van der Waals surface area contributed by atoms with Gasteiger partial charge in [-0.25, -0.2) is 8.42 Å². The van der Waals surface area contributed by atoms with Crippen molar-refractivity contribution in [2.75, 3.05) is 12.0 Å². The molecule has 178 valence electrons. The summed E-state index contributed by atoms with van der Waals surface area (Å²) >= 11 is 0. The van der Waals surface area contributed by atoms with E-state index in [2.05, 4.69) is 10.0 Å². The molecular formula is C24H31N3O5S. The minimum atomic E-state index is -3.95. The third-order valence-corrected chi connectivity index (χ3v) is 7.21. The smallest absolute Gasteiger partial charge is 0.241 e. The molecular weight excluding hydrogens is 442 g/mol. The molecule has 0 aliphatic carbocycles. The van der Waals surface area contributed by atoms with Gasteiger partial charge in [0.25, 0.3) is 0 Å². The maximum atomic E-state index is 13.1. The average molecular weight is 474 g/mol. The highest BCUT2D eigenvalue weighted by Gasteiger charge is 2.32. The molecule has 0 fully saturated rings. The number of nitrogens with zero attached hydrogens (tertiary/aromatic N) is 1. The molecule has 1 aliphatic rings. The summed E-state index contributed by atoms with van der Waals surface area (Å²) in [5.41, 5.74) is 2.40. The van der Waals surface area contributed by atoms with Gasteiger partial charge in [0.15, 0.2) is 0 Å². The Bertz CT molecular complexity index is 1130. The normalized spacial score (nSPS) is 16.4. The first-order chi connectivity index (χ1) is 15.5. The monoisotopic (exact) mass is 473 g/mol. The number of carbonyl (C=O) groups is 2. The lowest BCUT2D eigenvalue weighted by Crippen LogP contribution is -2.49. The van der Waals surface area contributed by atoms with Crippen molar-refractivity contribution in [3.8, 4) is 5.75 Å². The van der Waals surface area contributed by atoms with Crippen LogP contribution in [0, 0.1) is 5.92 Å². The number of benzene rings is 2. The number of carbonyl (C=O) groups excluding carboxylic acids is 2. The van der Waals surface area contributed by atoms with Crippen LogP contribution in [0.4, 0.5) is 5.69 Å². The van der Waals surface area contributed by atoms with Gasteiger partial charge < -0.3 is 15.0 Å². The van der Waals surface area contributed by atoms with Crippen LogP contribution in [0.25, 0.3) is 0 Å². The number of hydrogen-bond donors (Lipinski definition) is 2. The highest BCUT2D eigenvalue weighted by atomic mass is 32.2. The first-order valence-electron chi connectivity index (χ1n) is 10.9. The Balaban J connectivity index is 1.73. The van der Waals surface area contributed by atoms with E-state index in [0.717, 1.165) is 16.8 Å². The SMILES string of the molecule is COc1ccc(CNC(=O)[C@H](NS(=O)(=O)c2ccc3c(c2)C[C@@H](C)N3C(C)=O)C(C)C)cc1. The van der Waals surface area contributed by atoms with E-state index in [9.17, 15) is 18.0 Å². The number of ether oxygens (including phenoxy) is 1. The lowest BCUT2D eigenvalue weighted by Gasteiger charge is -2.22. The van der Waals surface area contributed by atoms with Gasteiger partial charge in [0.05, 0.1) is 12.0 Å². The minimum Gasteiger partial charge on any atom is -0.497 e. The molecule has 1 aliphatic heterocycles. The third kappa shape index (κ3) is 5.54. The van der Waals surface area contributed by atoms with Crippen molar-refractivity contribution in [2.45, 2.75) is 57.6 Å². The summed E-state index contributed by atoms with van der Waals surface area (Å²) in [6.07, 6.45) is 0.578. The van der Waals surface area contributed by atoms with Crippen LogP contribution in [0.3, 0.4) is 0 Å². The molecule has 8 nitrogen and oxygen atoms in total. The second kappa shape index (κ2) is 9.93. The first-order valence-corrected chi connectivity index (χ1v) is 12.4. The van der Waals surface area contributed by atoms with Gasteiger partial charge in [-0.1, -0.05) is 26.0 Å². The third-order valence-electron chi connectivity index (χ3n) is 5.77. The zero-order chi connectivity index (χ0) is 24.3. The summed E-state index contributed by atoms with van der Waals surface area (Å²) in [6, 6.07) is 11.0. The fourth-order valence-corrected chi connectivity index (χ4v) is 5.42. The number of hydrogen-bond acceptors (Lipinski definition) is 5. The van der Waals surface area contributed by atoms with Crippen LogP contribution < -0.4 is 19.7 Å². The van der Waals surface area contributed by atoms with Crippen molar-refractivity contribution in [2.24, 2.45) is 5.92 Å². The summed E-state index contributed by atoms with van der Waals surface area (Å²) in [4.78, 5) is 26.5. The van der Waals surface area contributed by atoms with Crippen molar-refractivity contribution in [1.82, 2.24) is 10.0 Å². The van der Waals surface area contributed by atoms with E-state index in [-0.39, 0.29) is 29.3 Å². The van der Waals surface area contributed by atoms with Crippen molar-refractivity contribution >= 4 is 27.5 Å². The van der Waals surface area contributed by atoms with Crippen LogP contribution in [0.5, 0.6) is 5.75 Å². The van der Waals surface area contributed by atoms with Gasteiger partial charge in [-0.15, -0.1) is 0 Å². The van der Waals surface area contributed by atoms with E-state index >= 15 is 0 Å². The molecule has 0 saturated heterocycles. The zero-order valence-electron chi connectivity index (χ0n) is 19.6. The highest BCUT2D eigenvalue weighted by Crippen LogP contribution is 2.34. The van der Waals surface area contributed by atoms with E-state index in [4.69, 9.17) is 4.74 Å². The number of rotatable bonds is 8. The van der Waals surface area contributed by atoms with E-state index in [1.807, 2.05) is 19.1 Å². The molecule has 0 spiro atoms. The maximum absolute atomic E-state index is 13.1. The summed E-state index contributed by atoms with van der Waals surface area (Å²) in [6.45, 7) is 7.27. The minimum absolute atomic E-state index is 0.0319. The number of sulfonamides is 1. The first kappa shape index (κ1) is 24.7. The average Bonchev–Trinajstić information content (AvgIpc) is 3.11. The van der Waals surface area contributed by atoms with Gasteiger partial charge >= 0.3 is 0 Å². The Hall–Kier alpha value is -2.91. The Labute approximate surface area is 195 Å². The standard InChI is InChI=1S/C24H31N3O5S/c1-15(2)23(24(29)25-14-18-6-8-20(32-5)9-7-18)26-33(30,31)21-10-11-22-19(13-21)12-16(3)27(22)17(4)28/h6-11,13,15-16,23,26H,12,14H2,1-5H3,(H,25,29)/t16-,23-/m1/s1. The lowest BCUT2D eigenvalue weighted by atomic mass is 10.0. The topological polar surface area (TPSA) is 105 Å². The van der Waals surface area contributed by atoms with Gasteiger partial charge in [0.2, 0.25) is 21.8 Å². The Kier molecular flexibility index (Phi) is 7.44. The second-order valence-electron chi connectivity index (χ2n) is 8.64. The van der Waals surface area contributed by atoms with Crippen LogP contribution in [0.15, 0.2) is 47.4 Å². The summed E-state index contributed by atoms with van der Waals surface area (Å²) < 4.78 is 33.9. The number of fused-ring (bicyclic) bond motifs is 1. The summed E-state index contributed by atoms with van der Waals surface area (Å²) in [7, 11) is -2.37. The van der Waals surface area contributed by atoms with Crippen LogP contribution in [-0.4, -0.2) is 39.4 Å². The summed E-state index contributed by atoms with van der Waals surface area (Å²) in [5.74, 6) is -0.0309. The van der Waals surface area contributed by atoms with Crippen molar-refractivity contribution in [3.63, 3.8) is 0 Å². The molecule has 2 N–H and O–H groups in total. The summed E-state index contributed by atoms with van der Waals surface area (Å²) in [5, 5.41) is 2.81. The van der Waals surface area contributed by atoms with Crippen molar-refractivity contribution in [3.05, 3.63) is 53.6 Å². The molecule has 0 aromatic heterocycles. The van der Waals surface area contributed by atoms with E-state index in [1.165, 1.54) is 13.0 Å². The van der Waals surface area contributed by atoms with Crippen LogP contribution in [0.1, 0.15) is 38.8 Å². The van der Waals surface area contributed by atoms with Gasteiger partial charge in [-0.2, -0.15) is 4.72 Å². The van der Waals surface area contributed by atoms with Crippen LogP contribution in [-0.2, 0) is 32.6 Å². The zero-order valence-corrected chi connectivity index (χ0v) is 20.4. The largest absolute Gasteiger partial charge is 0.497 e. The molecule has 2 aromatic carbocycles. The Morgan fingerprint density at radius 3 is 2.39 bits per heavy atom. The molecule has 2 aromatic rings. The molecule has 0 bridgehead atoms. The quantitative estimate of drug-likeness (QED) is 0.613. The van der Waals surface area contributed by atoms with E-state index in [1.54, 1.807) is 50.1 Å². The molecule has 0 unspecified atom stereocenters. The molecule has 0 radical (unpaired) electrons. The molecule has 2 amide bonds. The number of methoxy groups -OCH3 is 1. The lowest BCUT2D eigenvalue weighted by molar-refractivity contribution is -0.123. The predicted molar refractivity (Wildman–Crippen MR) is 127 cm³/mol. The predicted octanol–water partition coefficient (Wildman–Crippen LogP) is 2.61. The number of anilines is 1. The molecule has 9 heteroatoms. The van der Waals surface area contributed by atoms with Gasteiger partial charge in [0.1, 0.15) is 11.8 Å². The molecule has 2 atom stereocenters. The van der Waals surface area contributed by atoms with E-state index < -0.39 is 22.0 Å². The van der Waals surface area contributed by atoms with Crippen molar-refractivity contribution in [1.29, 1.82) is 0 Å². The van der Waals surface area contributed by atoms with Crippen molar-refractivity contribution < 1.29 is 22.7 Å². The van der Waals surface area contributed by atoms with Gasteiger partial charge in [0, 0.05) is 25.2 Å². The molecule has 3 rings (SSSR count). The van der Waals surface area contributed by atoms with Crippen LogP contribution in [0.2, 0.25) is 0 Å². The Morgan fingerprint density at radius 1 is 1.15 bits per heavy atom. The van der Waals surface area contributed by atoms with Crippen LogP contribution >= 0.6 is 0 Å². The fourth-order valence-electron chi connectivity index (χ4n) is 4.02.